The molecule has 2 rings (SSSR count). The monoisotopic (exact) mass is 555 g/mol. The second kappa shape index (κ2) is 11.3. The van der Waals surface area contributed by atoms with Gasteiger partial charge in [0.2, 0.25) is 21.8 Å². The molecule has 0 spiro atoms. The van der Waals surface area contributed by atoms with E-state index in [-0.39, 0.29) is 12.5 Å². The van der Waals surface area contributed by atoms with Crippen LogP contribution in [0.3, 0.4) is 0 Å². The maximum atomic E-state index is 13.6. The summed E-state index contributed by atoms with van der Waals surface area (Å²) in [6, 6.07) is 11.4. The largest absolute Gasteiger partial charge is 0.350 e. The Morgan fingerprint density at radius 1 is 1.12 bits per heavy atom. The number of halogens is 2. The smallest absolute Gasteiger partial charge is 0.244 e. The van der Waals surface area contributed by atoms with Crippen LogP contribution < -0.4 is 9.62 Å². The summed E-state index contributed by atoms with van der Waals surface area (Å²) in [5.41, 5.74) is 0.411. The van der Waals surface area contributed by atoms with Crippen LogP contribution in [0.5, 0.6) is 0 Å². The van der Waals surface area contributed by atoms with Crippen molar-refractivity contribution < 1.29 is 22.4 Å². The van der Waals surface area contributed by atoms with Crippen molar-refractivity contribution in [2.75, 3.05) is 17.1 Å². The van der Waals surface area contributed by atoms with Crippen molar-refractivity contribution >= 4 is 43.5 Å². The molecule has 10 heteroatoms. The fourth-order valence-electron chi connectivity index (χ4n) is 3.40. The fraction of sp³-hybridized carbons (Fsp3) is 0.417. The maximum Gasteiger partial charge on any atom is 0.244 e. The van der Waals surface area contributed by atoms with Crippen LogP contribution in [-0.2, 0) is 26.2 Å². The summed E-state index contributed by atoms with van der Waals surface area (Å²) in [7, 11) is -3.81. The lowest BCUT2D eigenvalue weighted by Gasteiger charge is -2.34. The Morgan fingerprint density at radius 3 is 2.24 bits per heavy atom. The fourth-order valence-corrected chi connectivity index (χ4v) is 4.63. The predicted molar refractivity (Wildman–Crippen MR) is 135 cm³/mol. The highest BCUT2D eigenvalue weighted by molar-refractivity contribution is 9.10. The molecule has 0 saturated heterocycles. The molecule has 2 aromatic rings. The normalized spacial score (nSPS) is 12.7. The summed E-state index contributed by atoms with van der Waals surface area (Å²) in [4.78, 5) is 28.0. The molecule has 1 atom stereocenters. The standard InChI is InChI=1S/C24H31BrFN3O4S/c1-6-21(23(31)27-24(2,3)4)28(15-17-10-12-19(26)13-11-17)22(30)16-29(34(5,32)33)20-9-7-8-18(25)14-20/h7-14,21H,6,15-16H2,1-5H3,(H,27,31). The van der Waals surface area contributed by atoms with E-state index in [0.717, 1.165) is 10.6 Å². The first-order chi connectivity index (χ1) is 15.7. The van der Waals surface area contributed by atoms with Crippen molar-refractivity contribution in [1.82, 2.24) is 10.2 Å². The van der Waals surface area contributed by atoms with Gasteiger partial charge in [-0.15, -0.1) is 0 Å². The number of rotatable bonds is 9. The van der Waals surface area contributed by atoms with Crippen molar-refractivity contribution in [1.29, 1.82) is 0 Å². The topological polar surface area (TPSA) is 86.8 Å². The van der Waals surface area contributed by atoms with Crippen molar-refractivity contribution in [2.24, 2.45) is 0 Å². The molecule has 7 nitrogen and oxygen atoms in total. The summed E-state index contributed by atoms with van der Waals surface area (Å²) in [5.74, 6) is -1.32. The minimum Gasteiger partial charge on any atom is -0.350 e. The quantitative estimate of drug-likeness (QED) is 0.505. The van der Waals surface area contributed by atoms with Gasteiger partial charge in [-0.1, -0.05) is 41.1 Å². The second-order valence-electron chi connectivity index (χ2n) is 9.06. The minimum absolute atomic E-state index is 0.0191. The molecule has 2 aromatic carbocycles. The average molecular weight is 556 g/mol. The van der Waals surface area contributed by atoms with Gasteiger partial charge in [-0.2, -0.15) is 0 Å². The summed E-state index contributed by atoms with van der Waals surface area (Å²) >= 11 is 3.32. The maximum absolute atomic E-state index is 13.6. The lowest BCUT2D eigenvalue weighted by atomic mass is 10.1. The van der Waals surface area contributed by atoms with Crippen LogP contribution in [0.15, 0.2) is 53.0 Å². The average Bonchev–Trinajstić information content (AvgIpc) is 2.71. The highest BCUT2D eigenvalue weighted by Crippen LogP contribution is 2.23. The SMILES string of the molecule is CCC(C(=O)NC(C)(C)C)N(Cc1ccc(F)cc1)C(=O)CN(c1cccc(Br)c1)S(C)(=O)=O. The van der Waals surface area contributed by atoms with Crippen molar-refractivity contribution in [3.63, 3.8) is 0 Å². The molecule has 0 aromatic heterocycles. The summed E-state index contributed by atoms with van der Waals surface area (Å²) < 4.78 is 40.2. The summed E-state index contributed by atoms with van der Waals surface area (Å²) in [5, 5.41) is 2.89. The summed E-state index contributed by atoms with van der Waals surface area (Å²) in [6.45, 7) is 6.81. The molecule has 0 bridgehead atoms. The number of nitrogens with one attached hydrogen (secondary N) is 1. The van der Waals surface area contributed by atoms with Crippen LogP contribution in [0.1, 0.15) is 39.7 Å². The molecular weight excluding hydrogens is 525 g/mol. The third kappa shape index (κ3) is 8.09. The van der Waals surface area contributed by atoms with E-state index in [4.69, 9.17) is 0 Å². The van der Waals surface area contributed by atoms with Crippen LogP contribution >= 0.6 is 15.9 Å². The van der Waals surface area contributed by atoms with E-state index in [0.29, 0.717) is 22.1 Å². The molecule has 0 aliphatic carbocycles. The van der Waals surface area contributed by atoms with Crippen LogP contribution in [0.2, 0.25) is 0 Å². The van der Waals surface area contributed by atoms with Crippen molar-refractivity contribution in [3.8, 4) is 0 Å². The number of benzene rings is 2. The number of carbonyl (C=O) groups excluding carboxylic acids is 2. The van der Waals surface area contributed by atoms with Gasteiger partial charge in [0.05, 0.1) is 11.9 Å². The van der Waals surface area contributed by atoms with Crippen LogP contribution in [0.4, 0.5) is 10.1 Å². The van der Waals surface area contributed by atoms with Gasteiger partial charge >= 0.3 is 0 Å². The Hall–Kier alpha value is -2.46. The predicted octanol–water partition coefficient (Wildman–Crippen LogP) is 4.08. The van der Waals surface area contributed by atoms with E-state index in [1.807, 2.05) is 20.8 Å². The molecular formula is C24H31BrFN3O4S. The molecule has 0 radical (unpaired) electrons. The van der Waals surface area contributed by atoms with Crippen molar-refractivity contribution in [2.45, 2.75) is 52.2 Å². The third-order valence-electron chi connectivity index (χ3n) is 4.93. The van der Waals surface area contributed by atoms with Gasteiger partial charge in [-0.25, -0.2) is 12.8 Å². The van der Waals surface area contributed by atoms with Gasteiger partial charge in [-0.05, 0) is 63.1 Å². The van der Waals surface area contributed by atoms with E-state index in [9.17, 15) is 22.4 Å². The molecule has 34 heavy (non-hydrogen) atoms. The zero-order chi connectivity index (χ0) is 25.7. The van der Waals surface area contributed by atoms with Gasteiger partial charge in [0.1, 0.15) is 18.4 Å². The molecule has 0 fully saturated rings. The van der Waals surface area contributed by atoms with Gasteiger partial charge in [0.15, 0.2) is 0 Å². The molecule has 0 aliphatic heterocycles. The first-order valence-corrected chi connectivity index (χ1v) is 13.4. The number of nitrogens with zero attached hydrogens (tertiary/aromatic N) is 2. The Labute approximate surface area is 209 Å². The zero-order valence-corrected chi connectivity index (χ0v) is 22.4. The number of amides is 2. The van der Waals surface area contributed by atoms with E-state index < -0.39 is 39.9 Å². The molecule has 0 heterocycles. The van der Waals surface area contributed by atoms with E-state index >= 15 is 0 Å². The van der Waals surface area contributed by atoms with E-state index in [1.54, 1.807) is 31.2 Å². The summed E-state index contributed by atoms with van der Waals surface area (Å²) in [6.07, 6.45) is 1.33. The third-order valence-corrected chi connectivity index (χ3v) is 6.56. The number of carbonyl (C=O) groups is 2. The van der Waals surface area contributed by atoms with Crippen molar-refractivity contribution in [3.05, 3.63) is 64.4 Å². The first kappa shape index (κ1) is 27.8. The first-order valence-electron chi connectivity index (χ1n) is 10.8. The van der Waals surface area contributed by atoms with Crippen LogP contribution in [-0.4, -0.2) is 49.5 Å². The highest BCUT2D eigenvalue weighted by Gasteiger charge is 2.33. The minimum atomic E-state index is -3.81. The molecule has 1 N–H and O–H groups in total. The Kier molecular flexibility index (Phi) is 9.24. The number of hydrogen-bond donors (Lipinski definition) is 1. The van der Waals surface area contributed by atoms with Crippen LogP contribution in [0.25, 0.3) is 0 Å². The number of hydrogen-bond acceptors (Lipinski definition) is 4. The van der Waals surface area contributed by atoms with Gasteiger partial charge in [0.25, 0.3) is 0 Å². The molecule has 0 saturated carbocycles. The Bertz CT molecular complexity index is 1120. The van der Waals surface area contributed by atoms with Gasteiger partial charge < -0.3 is 10.2 Å². The zero-order valence-electron chi connectivity index (χ0n) is 20.0. The molecule has 1 unspecified atom stereocenters. The molecule has 186 valence electrons. The second-order valence-corrected chi connectivity index (χ2v) is 11.9. The van der Waals surface area contributed by atoms with Crippen LogP contribution in [0, 0.1) is 5.82 Å². The highest BCUT2D eigenvalue weighted by atomic mass is 79.9. The lowest BCUT2D eigenvalue weighted by molar-refractivity contribution is -0.141. The Balaban J connectivity index is 2.45. The molecule has 2 amide bonds. The van der Waals surface area contributed by atoms with Gasteiger partial charge in [0, 0.05) is 16.6 Å². The van der Waals surface area contributed by atoms with E-state index in [2.05, 4.69) is 21.2 Å². The lowest BCUT2D eigenvalue weighted by Crippen LogP contribution is -2.55. The van der Waals surface area contributed by atoms with E-state index in [1.165, 1.54) is 29.2 Å². The number of sulfonamides is 1. The van der Waals surface area contributed by atoms with Gasteiger partial charge in [-0.3, -0.25) is 13.9 Å². The number of anilines is 1. The Morgan fingerprint density at radius 2 is 1.74 bits per heavy atom. The molecule has 0 aliphatic rings.